The van der Waals surface area contributed by atoms with Crippen molar-refractivity contribution in [1.29, 1.82) is 0 Å². The van der Waals surface area contributed by atoms with E-state index in [1.165, 1.54) is 12.1 Å². The molecule has 18 heavy (non-hydrogen) atoms. The number of hydrogen-bond acceptors (Lipinski definition) is 2. The Kier molecular flexibility index (Phi) is 5.28. The van der Waals surface area contributed by atoms with Crippen molar-refractivity contribution >= 4 is 5.91 Å². The molecule has 1 atom stereocenters. The minimum atomic E-state index is -0.640. The summed E-state index contributed by atoms with van der Waals surface area (Å²) in [7, 11) is 0. The Morgan fingerprint density at radius 3 is 2.83 bits per heavy atom. The Labute approximate surface area is 105 Å². The first-order valence-electron chi connectivity index (χ1n) is 5.43. The maximum atomic E-state index is 13.4. The molecule has 0 radical (unpaired) electrons. The van der Waals surface area contributed by atoms with Crippen molar-refractivity contribution in [2.24, 2.45) is 0 Å². The van der Waals surface area contributed by atoms with Crippen molar-refractivity contribution in [2.75, 3.05) is 13.1 Å². The van der Waals surface area contributed by atoms with Crippen LogP contribution in [0.5, 0.6) is 0 Å². The van der Waals surface area contributed by atoms with E-state index in [9.17, 15) is 13.6 Å². The van der Waals surface area contributed by atoms with Gasteiger partial charge in [-0.3, -0.25) is 4.79 Å². The van der Waals surface area contributed by atoms with Gasteiger partial charge in [-0.2, -0.15) is 0 Å². The Morgan fingerprint density at radius 1 is 1.50 bits per heavy atom. The van der Waals surface area contributed by atoms with Gasteiger partial charge >= 0.3 is 0 Å². The summed E-state index contributed by atoms with van der Waals surface area (Å²) < 4.78 is 26.1. The second kappa shape index (κ2) is 6.72. The van der Waals surface area contributed by atoms with Gasteiger partial charge in [0, 0.05) is 17.7 Å². The molecule has 0 fully saturated rings. The molecule has 0 heterocycles. The second-order valence-electron chi connectivity index (χ2n) is 3.75. The van der Waals surface area contributed by atoms with Crippen molar-refractivity contribution < 1.29 is 13.6 Å². The van der Waals surface area contributed by atoms with Crippen LogP contribution in [0.25, 0.3) is 0 Å². The molecule has 0 saturated carbocycles. The van der Waals surface area contributed by atoms with E-state index in [4.69, 9.17) is 6.42 Å². The van der Waals surface area contributed by atoms with E-state index in [0.717, 1.165) is 6.07 Å². The number of rotatable bonds is 5. The molecular formula is C13H14F2N2O. The normalized spacial score (nSPS) is 11.7. The van der Waals surface area contributed by atoms with Crippen LogP contribution in [0, 0.1) is 24.0 Å². The number of benzene rings is 1. The van der Waals surface area contributed by atoms with Crippen LogP contribution in [0.3, 0.4) is 0 Å². The zero-order valence-corrected chi connectivity index (χ0v) is 9.97. The van der Waals surface area contributed by atoms with Crippen LogP contribution in [-0.2, 0) is 4.79 Å². The number of amides is 1. The largest absolute Gasteiger partial charge is 0.344 e. The third-order valence-electron chi connectivity index (χ3n) is 2.39. The van der Waals surface area contributed by atoms with Gasteiger partial charge in [-0.15, -0.1) is 6.42 Å². The average molecular weight is 252 g/mol. The molecule has 1 rings (SSSR count). The lowest BCUT2D eigenvalue weighted by atomic mass is 10.1. The lowest BCUT2D eigenvalue weighted by molar-refractivity contribution is -0.120. The van der Waals surface area contributed by atoms with Crippen molar-refractivity contribution in [2.45, 2.75) is 13.0 Å². The van der Waals surface area contributed by atoms with Gasteiger partial charge in [0.15, 0.2) is 0 Å². The Hall–Kier alpha value is -1.93. The van der Waals surface area contributed by atoms with Gasteiger partial charge in [0.05, 0.1) is 13.1 Å². The van der Waals surface area contributed by atoms with E-state index in [1.807, 2.05) is 0 Å². The van der Waals surface area contributed by atoms with E-state index in [0.29, 0.717) is 5.56 Å². The topological polar surface area (TPSA) is 41.1 Å². The molecule has 3 nitrogen and oxygen atoms in total. The van der Waals surface area contributed by atoms with E-state index < -0.39 is 17.7 Å². The number of nitrogens with one attached hydrogen (secondary N) is 2. The van der Waals surface area contributed by atoms with Crippen molar-refractivity contribution in [3.63, 3.8) is 0 Å². The molecule has 2 N–H and O–H groups in total. The summed E-state index contributed by atoms with van der Waals surface area (Å²) in [5.74, 6) is 0.727. The fourth-order valence-electron chi connectivity index (χ4n) is 1.42. The van der Waals surface area contributed by atoms with Crippen LogP contribution in [0.2, 0.25) is 0 Å². The molecule has 96 valence electrons. The predicted octanol–water partition coefficient (Wildman–Crippen LogP) is 1.36. The molecule has 5 heteroatoms. The fourth-order valence-corrected chi connectivity index (χ4v) is 1.42. The van der Waals surface area contributed by atoms with Crippen molar-refractivity contribution in [1.82, 2.24) is 10.6 Å². The first kappa shape index (κ1) is 14.1. The first-order valence-corrected chi connectivity index (χ1v) is 5.43. The monoisotopic (exact) mass is 252 g/mol. The van der Waals surface area contributed by atoms with Gasteiger partial charge in [-0.05, 0) is 13.0 Å². The third kappa shape index (κ3) is 4.15. The summed E-state index contributed by atoms with van der Waals surface area (Å²) in [5.41, 5.74) is 0.307. The Morgan fingerprint density at radius 2 is 2.22 bits per heavy atom. The number of hydrogen-bond donors (Lipinski definition) is 2. The molecule has 0 saturated heterocycles. The SMILES string of the molecule is C#CCNC(=O)CN[C@H](C)c1ccc(F)cc1F. The van der Waals surface area contributed by atoms with Crippen LogP contribution in [0.15, 0.2) is 18.2 Å². The highest BCUT2D eigenvalue weighted by atomic mass is 19.1. The van der Waals surface area contributed by atoms with Gasteiger partial charge in [0.25, 0.3) is 0 Å². The zero-order valence-electron chi connectivity index (χ0n) is 9.97. The molecule has 0 bridgehead atoms. The number of carbonyl (C=O) groups excluding carboxylic acids is 1. The molecule has 1 aromatic carbocycles. The van der Waals surface area contributed by atoms with Crippen LogP contribution in [0.4, 0.5) is 8.78 Å². The van der Waals surface area contributed by atoms with Gasteiger partial charge in [0.2, 0.25) is 5.91 Å². The highest BCUT2D eigenvalue weighted by Crippen LogP contribution is 2.17. The summed E-state index contributed by atoms with van der Waals surface area (Å²) >= 11 is 0. The number of carbonyl (C=O) groups is 1. The molecule has 0 aliphatic rings. The van der Waals surface area contributed by atoms with Gasteiger partial charge in [0.1, 0.15) is 11.6 Å². The van der Waals surface area contributed by atoms with Gasteiger partial charge in [-0.1, -0.05) is 12.0 Å². The van der Waals surface area contributed by atoms with E-state index in [2.05, 4.69) is 16.6 Å². The Balaban J connectivity index is 2.53. The molecule has 0 aliphatic heterocycles. The van der Waals surface area contributed by atoms with Crippen LogP contribution in [-0.4, -0.2) is 19.0 Å². The third-order valence-corrected chi connectivity index (χ3v) is 2.39. The fraction of sp³-hybridized carbons (Fsp3) is 0.308. The molecule has 0 aromatic heterocycles. The summed E-state index contributed by atoms with van der Waals surface area (Å²) in [4.78, 5) is 11.3. The lowest BCUT2D eigenvalue weighted by Crippen LogP contribution is -2.35. The maximum Gasteiger partial charge on any atom is 0.234 e. The first-order chi connectivity index (χ1) is 8.54. The molecule has 0 spiro atoms. The quantitative estimate of drug-likeness (QED) is 0.777. The summed E-state index contributed by atoms with van der Waals surface area (Å²) in [5, 5.41) is 5.30. The summed E-state index contributed by atoms with van der Waals surface area (Å²) in [6, 6.07) is 2.94. The van der Waals surface area contributed by atoms with Crippen molar-refractivity contribution in [3.05, 3.63) is 35.4 Å². The second-order valence-corrected chi connectivity index (χ2v) is 3.75. The molecule has 1 aromatic rings. The van der Waals surface area contributed by atoms with Crippen LogP contribution in [0.1, 0.15) is 18.5 Å². The van der Waals surface area contributed by atoms with E-state index in [1.54, 1.807) is 6.92 Å². The van der Waals surface area contributed by atoms with E-state index in [-0.39, 0.29) is 19.0 Å². The number of terminal acetylenes is 1. The number of halogens is 2. The Bertz CT molecular complexity index is 469. The molecule has 0 unspecified atom stereocenters. The molecule has 0 aliphatic carbocycles. The lowest BCUT2D eigenvalue weighted by Gasteiger charge is -2.14. The maximum absolute atomic E-state index is 13.4. The van der Waals surface area contributed by atoms with Crippen LogP contribution < -0.4 is 10.6 Å². The van der Waals surface area contributed by atoms with Gasteiger partial charge in [-0.25, -0.2) is 8.78 Å². The molecule has 1 amide bonds. The standard InChI is InChI=1S/C13H14F2N2O/c1-3-6-16-13(18)8-17-9(2)11-5-4-10(14)7-12(11)15/h1,4-5,7,9,17H,6,8H2,2H3,(H,16,18)/t9-/m1/s1. The van der Waals surface area contributed by atoms with Gasteiger partial charge < -0.3 is 10.6 Å². The summed E-state index contributed by atoms with van der Waals surface area (Å²) in [6.07, 6.45) is 4.99. The van der Waals surface area contributed by atoms with Crippen molar-refractivity contribution in [3.8, 4) is 12.3 Å². The van der Waals surface area contributed by atoms with Crippen LogP contribution >= 0.6 is 0 Å². The summed E-state index contributed by atoms with van der Waals surface area (Å²) in [6.45, 7) is 1.85. The average Bonchev–Trinajstić information content (AvgIpc) is 2.33. The predicted molar refractivity (Wildman–Crippen MR) is 64.6 cm³/mol. The minimum absolute atomic E-state index is 0.0136. The highest BCUT2D eigenvalue weighted by molar-refractivity contribution is 5.78. The van der Waals surface area contributed by atoms with E-state index >= 15 is 0 Å². The highest BCUT2D eigenvalue weighted by Gasteiger charge is 2.12. The smallest absolute Gasteiger partial charge is 0.234 e. The molecular weight excluding hydrogens is 238 g/mol. The zero-order chi connectivity index (χ0) is 13.5. The minimum Gasteiger partial charge on any atom is -0.344 e.